The smallest absolute Gasteiger partial charge is 0.169 e. The van der Waals surface area contributed by atoms with Crippen LogP contribution in [0.5, 0.6) is 0 Å². The van der Waals surface area contributed by atoms with E-state index in [2.05, 4.69) is 12.1 Å². The monoisotopic (exact) mass is 296 g/mol. The lowest BCUT2D eigenvalue weighted by atomic mass is 9.69. The highest BCUT2D eigenvalue weighted by molar-refractivity contribution is 6.30. The van der Waals surface area contributed by atoms with Gasteiger partial charge in [-0.3, -0.25) is 4.79 Å². The molecule has 0 radical (unpaired) electrons. The molecule has 0 fully saturated rings. The lowest BCUT2D eigenvalue weighted by Crippen LogP contribution is -2.36. The highest BCUT2D eigenvalue weighted by atomic mass is 35.5. The second-order valence-electron chi connectivity index (χ2n) is 6.01. The molecule has 2 aromatic carbocycles. The minimum atomic E-state index is -0.465. The number of ketones is 1. The van der Waals surface area contributed by atoms with Crippen molar-refractivity contribution >= 4 is 23.5 Å². The molecule has 106 valence electrons. The third-order valence-electron chi connectivity index (χ3n) is 4.14. The maximum absolute atomic E-state index is 12.8. The molecule has 0 saturated heterocycles. The fraction of sp³-hybridized carbons (Fsp3) is 0.211. The molecule has 0 bridgehead atoms. The molecule has 21 heavy (non-hydrogen) atoms. The number of carbonyl (C=O) groups is 1. The van der Waals surface area contributed by atoms with E-state index in [0.29, 0.717) is 11.4 Å². The molecule has 3 rings (SSSR count). The fourth-order valence-electron chi connectivity index (χ4n) is 2.97. The van der Waals surface area contributed by atoms with E-state index in [-0.39, 0.29) is 5.78 Å². The van der Waals surface area contributed by atoms with Gasteiger partial charge in [-0.1, -0.05) is 48.0 Å². The molecule has 0 aliphatic heterocycles. The van der Waals surface area contributed by atoms with Crippen molar-refractivity contribution < 1.29 is 4.79 Å². The van der Waals surface area contributed by atoms with Gasteiger partial charge in [-0.25, -0.2) is 0 Å². The van der Waals surface area contributed by atoms with E-state index in [4.69, 9.17) is 11.6 Å². The van der Waals surface area contributed by atoms with Crippen LogP contribution >= 0.6 is 11.6 Å². The number of Topliss-reactive ketones (excluding diaryl/α,β-unsaturated/α-hetero) is 1. The van der Waals surface area contributed by atoms with Gasteiger partial charge in [-0.05, 0) is 48.7 Å². The molecule has 0 atom stereocenters. The van der Waals surface area contributed by atoms with E-state index in [9.17, 15) is 4.79 Å². The van der Waals surface area contributed by atoms with Crippen LogP contribution in [0.15, 0.2) is 54.1 Å². The van der Waals surface area contributed by atoms with Gasteiger partial charge in [0.1, 0.15) is 0 Å². The number of rotatable bonds is 1. The Morgan fingerprint density at radius 2 is 1.71 bits per heavy atom. The summed E-state index contributed by atoms with van der Waals surface area (Å²) in [5.74, 6) is 0.205. The van der Waals surface area contributed by atoms with Crippen molar-refractivity contribution in [2.75, 3.05) is 0 Å². The van der Waals surface area contributed by atoms with Gasteiger partial charge < -0.3 is 0 Å². The Hall–Kier alpha value is -1.86. The largest absolute Gasteiger partial charge is 0.294 e. The molecule has 0 aromatic heterocycles. The minimum Gasteiger partial charge on any atom is -0.294 e. The average molecular weight is 297 g/mol. The van der Waals surface area contributed by atoms with E-state index in [1.807, 2.05) is 56.3 Å². The Bertz CT molecular complexity index is 723. The highest BCUT2D eigenvalue weighted by Crippen LogP contribution is 2.37. The summed E-state index contributed by atoms with van der Waals surface area (Å²) in [5, 5.41) is 0.706. The van der Waals surface area contributed by atoms with Gasteiger partial charge in [0.05, 0.1) is 5.41 Å². The lowest BCUT2D eigenvalue weighted by Gasteiger charge is -2.32. The molecular formula is C19H17ClO. The maximum Gasteiger partial charge on any atom is 0.169 e. The van der Waals surface area contributed by atoms with Crippen LogP contribution < -0.4 is 0 Å². The van der Waals surface area contributed by atoms with Gasteiger partial charge in [-0.15, -0.1) is 0 Å². The second kappa shape index (κ2) is 5.16. The third-order valence-corrected chi connectivity index (χ3v) is 4.39. The Kier molecular flexibility index (Phi) is 3.46. The maximum atomic E-state index is 12.8. The summed E-state index contributed by atoms with van der Waals surface area (Å²) in [5.41, 5.74) is 3.79. The molecule has 0 unspecified atom stereocenters. The molecule has 1 aliphatic rings. The van der Waals surface area contributed by atoms with Crippen molar-refractivity contribution in [2.45, 2.75) is 25.7 Å². The number of hydrogen-bond donors (Lipinski definition) is 0. The first-order chi connectivity index (χ1) is 9.98. The SMILES string of the molecule is CC1(C)C(=O)C(=Cc2ccc(Cl)cc2)Cc2ccccc21. The van der Waals surface area contributed by atoms with Crippen molar-refractivity contribution in [1.29, 1.82) is 0 Å². The zero-order valence-corrected chi connectivity index (χ0v) is 12.9. The molecule has 2 aromatic rings. The summed E-state index contributed by atoms with van der Waals surface area (Å²) in [4.78, 5) is 12.8. The van der Waals surface area contributed by atoms with E-state index in [1.165, 1.54) is 5.56 Å². The molecule has 0 heterocycles. The van der Waals surface area contributed by atoms with Gasteiger partial charge in [0.25, 0.3) is 0 Å². The quantitative estimate of drug-likeness (QED) is 0.689. The zero-order valence-electron chi connectivity index (χ0n) is 12.2. The fourth-order valence-corrected chi connectivity index (χ4v) is 3.10. The summed E-state index contributed by atoms with van der Waals surface area (Å²) >= 11 is 5.91. The van der Waals surface area contributed by atoms with Crippen LogP contribution in [0.4, 0.5) is 0 Å². The third kappa shape index (κ3) is 2.54. The Balaban J connectivity index is 2.06. The first kappa shape index (κ1) is 14.1. The van der Waals surface area contributed by atoms with Gasteiger partial charge in [-0.2, -0.15) is 0 Å². The van der Waals surface area contributed by atoms with Crippen molar-refractivity contribution in [3.63, 3.8) is 0 Å². The van der Waals surface area contributed by atoms with Crippen LogP contribution in [0.25, 0.3) is 6.08 Å². The number of benzene rings is 2. The predicted octanol–water partition coefficient (Wildman–Crippen LogP) is 4.83. The number of fused-ring (bicyclic) bond motifs is 1. The Labute approximate surface area is 130 Å². The Morgan fingerprint density at radius 1 is 1.05 bits per heavy atom. The van der Waals surface area contributed by atoms with Gasteiger partial charge in [0.15, 0.2) is 5.78 Å². The van der Waals surface area contributed by atoms with Gasteiger partial charge in [0, 0.05) is 17.0 Å². The van der Waals surface area contributed by atoms with Gasteiger partial charge >= 0.3 is 0 Å². The lowest BCUT2D eigenvalue weighted by molar-refractivity contribution is -0.120. The first-order valence-corrected chi connectivity index (χ1v) is 7.45. The van der Waals surface area contributed by atoms with Crippen LogP contribution in [-0.2, 0) is 16.6 Å². The summed E-state index contributed by atoms with van der Waals surface area (Å²) < 4.78 is 0. The molecule has 0 N–H and O–H groups in total. The summed E-state index contributed by atoms with van der Waals surface area (Å²) in [7, 11) is 0. The predicted molar refractivity (Wildman–Crippen MR) is 87.6 cm³/mol. The summed E-state index contributed by atoms with van der Waals surface area (Å²) in [6.45, 7) is 4.01. The van der Waals surface area contributed by atoms with E-state index >= 15 is 0 Å². The van der Waals surface area contributed by atoms with Crippen LogP contribution in [0.3, 0.4) is 0 Å². The normalized spacial score (nSPS) is 18.6. The minimum absolute atomic E-state index is 0.205. The average Bonchev–Trinajstić information content (AvgIpc) is 2.47. The van der Waals surface area contributed by atoms with E-state index in [0.717, 1.165) is 16.7 Å². The topological polar surface area (TPSA) is 17.1 Å². The van der Waals surface area contributed by atoms with Crippen molar-refractivity contribution in [3.05, 3.63) is 75.8 Å². The summed E-state index contributed by atoms with van der Waals surface area (Å²) in [6.07, 6.45) is 2.68. The van der Waals surface area contributed by atoms with Crippen molar-refractivity contribution in [1.82, 2.24) is 0 Å². The molecular weight excluding hydrogens is 280 g/mol. The molecule has 0 spiro atoms. The van der Waals surface area contributed by atoms with Gasteiger partial charge in [0.2, 0.25) is 0 Å². The molecule has 1 aliphatic carbocycles. The standard InChI is InChI=1S/C19H17ClO/c1-19(2)17-6-4-3-5-14(17)12-15(18(19)21)11-13-7-9-16(20)10-8-13/h3-11H,12H2,1-2H3. The zero-order chi connectivity index (χ0) is 15.0. The second-order valence-corrected chi connectivity index (χ2v) is 6.45. The number of carbonyl (C=O) groups excluding carboxylic acids is 1. The molecule has 2 heteroatoms. The number of hydrogen-bond acceptors (Lipinski definition) is 1. The number of allylic oxidation sites excluding steroid dienone is 1. The first-order valence-electron chi connectivity index (χ1n) is 7.08. The highest BCUT2D eigenvalue weighted by Gasteiger charge is 2.37. The number of halogens is 1. The van der Waals surface area contributed by atoms with E-state index in [1.54, 1.807) is 0 Å². The summed E-state index contributed by atoms with van der Waals surface area (Å²) in [6, 6.07) is 15.8. The van der Waals surface area contributed by atoms with Crippen molar-refractivity contribution in [3.8, 4) is 0 Å². The van der Waals surface area contributed by atoms with E-state index < -0.39 is 5.41 Å². The van der Waals surface area contributed by atoms with Crippen LogP contribution in [0.2, 0.25) is 5.02 Å². The molecule has 0 saturated carbocycles. The molecule has 1 nitrogen and oxygen atoms in total. The van der Waals surface area contributed by atoms with Crippen LogP contribution in [0, 0.1) is 0 Å². The van der Waals surface area contributed by atoms with Crippen LogP contribution in [0.1, 0.15) is 30.5 Å². The van der Waals surface area contributed by atoms with Crippen LogP contribution in [-0.4, -0.2) is 5.78 Å². The molecule has 0 amide bonds. The Morgan fingerprint density at radius 3 is 2.43 bits per heavy atom. The van der Waals surface area contributed by atoms with Crippen molar-refractivity contribution in [2.24, 2.45) is 0 Å².